The summed E-state index contributed by atoms with van der Waals surface area (Å²) in [7, 11) is 0. The van der Waals surface area contributed by atoms with Crippen molar-refractivity contribution in [2.45, 2.75) is 13.3 Å². The van der Waals surface area contributed by atoms with Crippen molar-refractivity contribution in [3.8, 4) is 0 Å². The molecular weight excluding hydrogens is 220 g/mol. The lowest BCUT2D eigenvalue weighted by atomic mass is 10.0. The zero-order chi connectivity index (χ0) is 12.0. The fraction of sp³-hybridized carbons (Fsp3) is 0.308. The normalized spacial score (nSPS) is 10.1. The van der Waals surface area contributed by atoms with Crippen molar-refractivity contribution in [3.63, 3.8) is 0 Å². The number of thioether (sulfide) groups is 1. The first-order valence-electron chi connectivity index (χ1n) is 5.25. The molecule has 86 valence electrons. The number of hydrogen-bond acceptors (Lipinski definition) is 2. The Balaban J connectivity index is 2.91. The lowest BCUT2D eigenvalue weighted by molar-refractivity contribution is 0.0696. The Morgan fingerprint density at radius 3 is 2.88 bits per heavy atom. The maximum absolute atomic E-state index is 11.0. The summed E-state index contributed by atoms with van der Waals surface area (Å²) in [5.74, 6) is 1.16. The van der Waals surface area contributed by atoms with E-state index in [1.807, 2.05) is 17.8 Å². The highest BCUT2D eigenvalue weighted by atomic mass is 32.2. The van der Waals surface area contributed by atoms with E-state index in [0.717, 1.165) is 29.1 Å². The molecule has 0 saturated carbocycles. The molecule has 1 rings (SSSR count). The highest BCUT2D eigenvalue weighted by molar-refractivity contribution is 7.99. The Kier molecular flexibility index (Phi) is 5.12. The van der Waals surface area contributed by atoms with E-state index in [0.29, 0.717) is 5.56 Å². The fourth-order valence-corrected chi connectivity index (χ4v) is 2.14. The Bertz CT molecular complexity index is 386. The summed E-state index contributed by atoms with van der Waals surface area (Å²) >= 11 is 1.82. The minimum atomic E-state index is -0.855. The lowest BCUT2D eigenvalue weighted by Crippen LogP contribution is -2.04. The first-order chi connectivity index (χ1) is 7.69. The minimum Gasteiger partial charge on any atom is -0.478 e. The van der Waals surface area contributed by atoms with E-state index in [2.05, 4.69) is 13.5 Å². The van der Waals surface area contributed by atoms with E-state index in [-0.39, 0.29) is 0 Å². The van der Waals surface area contributed by atoms with Gasteiger partial charge in [0.25, 0.3) is 0 Å². The maximum atomic E-state index is 11.0. The molecule has 0 unspecified atom stereocenters. The number of hydrogen-bond donors (Lipinski definition) is 1. The van der Waals surface area contributed by atoms with Crippen molar-refractivity contribution in [3.05, 3.63) is 41.5 Å². The Morgan fingerprint density at radius 1 is 1.56 bits per heavy atom. The zero-order valence-electron chi connectivity index (χ0n) is 9.40. The Hall–Kier alpha value is -1.22. The third kappa shape index (κ3) is 3.42. The van der Waals surface area contributed by atoms with E-state index in [9.17, 15) is 4.79 Å². The molecule has 0 fully saturated rings. The second kappa shape index (κ2) is 6.38. The van der Waals surface area contributed by atoms with E-state index in [4.69, 9.17) is 5.11 Å². The van der Waals surface area contributed by atoms with Gasteiger partial charge < -0.3 is 5.11 Å². The number of aromatic carboxylic acids is 1. The second-order valence-electron chi connectivity index (χ2n) is 3.37. The zero-order valence-corrected chi connectivity index (χ0v) is 10.2. The molecule has 1 aromatic carbocycles. The minimum absolute atomic E-state index is 0.405. The Morgan fingerprint density at radius 2 is 2.31 bits per heavy atom. The van der Waals surface area contributed by atoms with Crippen molar-refractivity contribution in [2.24, 2.45) is 0 Å². The summed E-state index contributed by atoms with van der Waals surface area (Å²) in [5.41, 5.74) is 2.27. The van der Waals surface area contributed by atoms with Crippen LogP contribution in [-0.2, 0) is 6.42 Å². The molecule has 0 atom stereocenters. The largest absolute Gasteiger partial charge is 0.478 e. The number of carboxylic acid groups (broad SMARTS) is 1. The SMILES string of the molecule is C=Cc1ccc(C(=O)O)c(CCSCC)c1. The van der Waals surface area contributed by atoms with Crippen molar-refractivity contribution in [1.29, 1.82) is 0 Å². The monoisotopic (exact) mass is 236 g/mol. The van der Waals surface area contributed by atoms with Gasteiger partial charge in [-0.1, -0.05) is 31.7 Å². The topological polar surface area (TPSA) is 37.3 Å². The van der Waals surface area contributed by atoms with E-state index in [1.54, 1.807) is 18.2 Å². The summed E-state index contributed by atoms with van der Waals surface area (Å²) in [5, 5.41) is 9.05. The van der Waals surface area contributed by atoms with Gasteiger partial charge in [-0.3, -0.25) is 0 Å². The average Bonchev–Trinajstić information content (AvgIpc) is 2.29. The van der Waals surface area contributed by atoms with E-state index < -0.39 is 5.97 Å². The summed E-state index contributed by atoms with van der Waals surface area (Å²) in [4.78, 5) is 11.0. The molecule has 0 aliphatic rings. The van der Waals surface area contributed by atoms with Crippen LogP contribution in [0.15, 0.2) is 24.8 Å². The molecule has 0 aliphatic heterocycles. The van der Waals surface area contributed by atoms with Gasteiger partial charge in [-0.25, -0.2) is 4.79 Å². The second-order valence-corrected chi connectivity index (χ2v) is 4.77. The van der Waals surface area contributed by atoms with Crippen LogP contribution < -0.4 is 0 Å². The molecule has 0 saturated heterocycles. The van der Waals surface area contributed by atoms with Crippen LogP contribution >= 0.6 is 11.8 Å². The number of rotatable bonds is 6. The van der Waals surface area contributed by atoms with Crippen molar-refractivity contribution in [1.82, 2.24) is 0 Å². The van der Waals surface area contributed by atoms with Crippen LogP contribution in [-0.4, -0.2) is 22.6 Å². The van der Waals surface area contributed by atoms with Gasteiger partial charge in [-0.2, -0.15) is 11.8 Å². The maximum Gasteiger partial charge on any atom is 0.335 e. The van der Waals surface area contributed by atoms with Gasteiger partial charge in [-0.05, 0) is 35.1 Å². The standard InChI is InChI=1S/C13H16O2S/c1-3-10-5-6-12(13(14)15)11(9-10)7-8-16-4-2/h3,5-6,9H,1,4,7-8H2,2H3,(H,14,15). The summed E-state index contributed by atoms with van der Waals surface area (Å²) in [6.45, 7) is 5.79. The van der Waals surface area contributed by atoms with Crippen LogP contribution in [0, 0.1) is 0 Å². The summed E-state index contributed by atoms with van der Waals surface area (Å²) in [6.07, 6.45) is 2.53. The van der Waals surface area contributed by atoms with Gasteiger partial charge in [0.15, 0.2) is 0 Å². The van der Waals surface area contributed by atoms with Crippen LogP contribution in [0.25, 0.3) is 6.08 Å². The van der Waals surface area contributed by atoms with Crippen LogP contribution in [0.5, 0.6) is 0 Å². The van der Waals surface area contributed by atoms with Gasteiger partial charge in [0.05, 0.1) is 5.56 Å². The van der Waals surface area contributed by atoms with Crippen molar-refractivity contribution >= 4 is 23.8 Å². The van der Waals surface area contributed by atoms with E-state index in [1.165, 1.54) is 0 Å². The van der Waals surface area contributed by atoms with Gasteiger partial charge in [0.1, 0.15) is 0 Å². The van der Waals surface area contributed by atoms with Crippen LogP contribution in [0.1, 0.15) is 28.4 Å². The molecule has 0 aromatic heterocycles. The Labute approximate surface area is 100 Å². The van der Waals surface area contributed by atoms with Crippen molar-refractivity contribution < 1.29 is 9.90 Å². The molecule has 1 N–H and O–H groups in total. The quantitative estimate of drug-likeness (QED) is 0.770. The fourth-order valence-electron chi connectivity index (χ4n) is 1.48. The molecule has 0 bridgehead atoms. The number of carbonyl (C=O) groups is 1. The molecule has 2 nitrogen and oxygen atoms in total. The van der Waals surface area contributed by atoms with E-state index >= 15 is 0 Å². The lowest BCUT2D eigenvalue weighted by Gasteiger charge is -2.07. The number of aryl methyl sites for hydroxylation is 1. The van der Waals surface area contributed by atoms with Gasteiger partial charge >= 0.3 is 5.97 Å². The third-order valence-electron chi connectivity index (χ3n) is 2.32. The predicted octanol–water partition coefficient (Wildman–Crippen LogP) is 3.32. The molecule has 0 heterocycles. The molecule has 0 amide bonds. The number of carboxylic acids is 1. The molecule has 0 aliphatic carbocycles. The highest BCUT2D eigenvalue weighted by Crippen LogP contribution is 2.16. The summed E-state index contributed by atoms with van der Waals surface area (Å²) in [6, 6.07) is 5.35. The van der Waals surface area contributed by atoms with Gasteiger partial charge in [0, 0.05) is 0 Å². The average molecular weight is 236 g/mol. The highest BCUT2D eigenvalue weighted by Gasteiger charge is 2.09. The van der Waals surface area contributed by atoms with Gasteiger partial charge in [-0.15, -0.1) is 0 Å². The van der Waals surface area contributed by atoms with Crippen molar-refractivity contribution in [2.75, 3.05) is 11.5 Å². The molecular formula is C13H16O2S. The molecule has 1 aromatic rings. The molecule has 3 heteroatoms. The number of benzene rings is 1. The van der Waals surface area contributed by atoms with Crippen LogP contribution in [0.3, 0.4) is 0 Å². The van der Waals surface area contributed by atoms with Gasteiger partial charge in [0.2, 0.25) is 0 Å². The van der Waals surface area contributed by atoms with Crippen LogP contribution in [0.2, 0.25) is 0 Å². The smallest absolute Gasteiger partial charge is 0.335 e. The predicted molar refractivity (Wildman–Crippen MR) is 70.2 cm³/mol. The summed E-state index contributed by atoms with van der Waals surface area (Å²) < 4.78 is 0. The molecule has 0 radical (unpaired) electrons. The third-order valence-corrected chi connectivity index (χ3v) is 3.22. The molecule has 0 spiro atoms. The van der Waals surface area contributed by atoms with Crippen LogP contribution in [0.4, 0.5) is 0 Å². The first kappa shape index (κ1) is 12.8. The molecule has 16 heavy (non-hydrogen) atoms. The first-order valence-corrected chi connectivity index (χ1v) is 6.41.